The summed E-state index contributed by atoms with van der Waals surface area (Å²) < 4.78 is 86.3. The Morgan fingerprint density at radius 3 is 2.68 bits per heavy atom. The van der Waals surface area contributed by atoms with E-state index in [9.17, 15) is 22.4 Å². The minimum Gasteiger partial charge on any atom is -0.461 e. The molecule has 0 aliphatic carbocycles. The average Bonchev–Trinajstić information content (AvgIpc) is 3.62. The van der Waals surface area contributed by atoms with Gasteiger partial charge in [0, 0.05) is 44.7 Å². The van der Waals surface area contributed by atoms with E-state index in [-0.39, 0.29) is 66.9 Å². The Bertz CT molecular complexity index is 1900. The average molecular weight is 744 g/mol. The summed E-state index contributed by atoms with van der Waals surface area (Å²) in [6.07, 6.45) is -3.12. The van der Waals surface area contributed by atoms with Crippen molar-refractivity contribution in [3.05, 3.63) is 67.6 Å². The van der Waals surface area contributed by atoms with Crippen LogP contribution < -0.4 is 15.4 Å². The van der Waals surface area contributed by atoms with Crippen molar-refractivity contribution in [2.45, 2.75) is 63.2 Å². The van der Waals surface area contributed by atoms with E-state index in [2.05, 4.69) is 10.1 Å². The predicted molar refractivity (Wildman–Crippen MR) is 173 cm³/mol. The molecule has 2 N–H and O–H groups in total. The van der Waals surface area contributed by atoms with E-state index in [1.165, 1.54) is 4.90 Å². The number of halogens is 7. The number of benzene rings is 1. The number of aromatic nitrogens is 4. The first kappa shape index (κ1) is 34.7. The van der Waals surface area contributed by atoms with Gasteiger partial charge in [-0.05, 0) is 37.9 Å². The topological polar surface area (TPSA) is 115 Å². The van der Waals surface area contributed by atoms with Crippen molar-refractivity contribution in [2.75, 3.05) is 51.0 Å². The number of hydrogen-bond acceptors (Lipinski definition) is 9. The minimum atomic E-state index is -5.01. The number of alkyl halides is 3. The van der Waals surface area contributed by atoms with Crippen molar-refractivity contribution in [2.24, 2.45) is 0 Å². The lowest BCUT2D eigenvalue weighted by Gasteiger charge is -2.33. The van der Waals surface area contributed by atoms with Gasteiger partial charge in [-0.3, -0.25) is 14.4 Å². The molecule has 2 aromatic heterocycles. The molecule has 1 amide bonds. The van der Waals surface area contributed by atoms with Crippen LogP contribution in [0.25, 0.3) is 0 Å². The molecule has 1 saturated heterocycles. The van der Waals surface area contributed by atoms with E-state index >= 15 is 4.39 Å². The van der Waals surface area contributed by atoms with Crippen LogP contribution in [-0.4, -0.2) is 81.3 Å². The van der Waals surface area contributed by atoms with Gasteiger partial charge >= 0.3 is 12.2 Å². The van der Waals surface area contributed by atoms with Crippen molar-refractivity contribution >= 4 is 40.6 Å². The SMILES string of the molecule is CN(C)C(=O)c1nn2c(c1Cl)CN(c1nc(OC[C@]34C=C(F)CN3CCC4)nc3c1CO[C@H](c1c(F)c(N)cc(Cl)c1C(F)(F)F)C3)CCC2. The molecule has 4 aliphatic rings. The maximum absolute atomic E-state index is 15.4. The predicted octanol–water partition coefficient (Wildman–Crippen LogP) is 5.73. The summed E-state index contributed by atoms with van der Waals surface area (Å²) >= 11 is 12.7. The molecule has 3 aromatic rings. The minimum absolute atomic E-state index is 0.0326. The number of hydrogen-bond donors (Lipinski definition) is 1. The Labute approximate surface area is 293 Å². The van der Waals surface area contributed by atoms with Gasteiger partial charge < -0.3 is 25.0 Å². The first-order valence-electron chi connectivity index (χ1n) is 16.0. The maximum Gasteiger partial charge on any atom is 0.418 e. The quantitative estimate of drug-likeness (QED) is 0.250. The maximum atomic E-state index is 15.4. The van der Waals surface area contributed by atoms with Crippen LogP contribution in [0.3, 0.4) is 0 Å². The van der Waals surface area contributed by atoms with Crippen LogP contribution >= 0.6 is 23.2 Å². The summed E-state index contributed by atoms with van der Waals surface area (Å²) in [5.74, 6) is -1.53. The number of anilines is 2. The van der Waals surface area contributed by atoms with Crippen LogP contribution in [0.4, 0.5) is 33.5 Å². The summed E-state index contributed by atoms with van der Waals surface area (Å²) in [4.78, 5) is 27.4. The van der Waals surface area contributed by atoms with Crippen molar-refractivity contribution in [3.8, 4) is 6.01 Å². The van der Waals surface area contributed by atoms with Crippen LogP contribution in [-0.2, 0) is 37.0 Å². The fourth-order valence-electron chi connectivity index (χ4n) is 7.28. The van der Waals surface area contributed by atoms with Crippen LogP contribution in [0.15, 0.2) is 18.0 Å². The lowest BCUT2D eigenvalue weighted by molar-refractivity contribution is -0.140. The standard InChI is InChI=1S/C32H33Cl2F5N8O3/c1-44(2)29(48)27-25(34)21-13-45(6-4-8-47(21)43-27)28-17-14-49-22(23-24(32(37,38)39)18(33)9-19(40)26(23)36)10-20(17)41-30(42-28)50-15-31-5-3-7-46(31)12-16(35)11-31/h9,11,22H,3-8,10,12-15,40H2,1-2H3/t22-,31-/m0/s1. The molecule has 7 rings (SSSR count). The highest BCUT2D eigenvalue weighted by atomic mass is 35.5. The van der Waals surface area contributed by atoms with Crippen molar-refractivity contribution < 1.29 is 36.2 Å². The highest BCUT2D eigenvalue weighted by Crippen LogP contribution is 2.46. The van der Waals surface area contributed by atoms with E-state index in [0.29, 0.717) is 49.6 Å². The fraction of sp³-hybridized carbons (Fsp3) is 0.500. The highest BCUT2D eigenvalue weighted by Gasteiger charge is 2.46. The number of aryl methyl sites for hydroxylation is 1. The Hall–Kier alpha value is -3.73. The van der Waals surface area contributed by atoms with Gasteiger partial charge in [-0.1, -0.05) is 23.2 Å². The molecule has 0 spiro atoms. The van der Waals surface area contributed by atoms with Crippen molar-refractivity contribution in [3.63, 3.8) is 0 Å². The number of carbonyl (C=O) groups excluding carboxylic acids is 1. The molecular formula is C32H33Cl2F5N8O3. The first-order valence-corrected chi connectivity index (χ1v) is 16.7. The van der Waals surface area contributed by atoms with Gasteiger partial charge in [0.25, 0.3) is 5.91 Å². The van der Waals surface area contributed by atoms with Crippen LogP contribution in [0.2, 0.25) is 10.0 Å². The fourth-order valence-corrected chi connectivity index (χ4v) is 7.88. The molecule has 0 bridgehead atoms. The van der Waals surface area contributed by atoms with Gasteiger partial charge in [-0.2, -0.15) is 28.2 Å². The number of carbonyl (C=O) groups is 1. The second-order valence-corrected chi connectivity index (χ2v) is 13.9. The number of nitrogens with zero attached hydrogens (tertiary/aromatic N) is 7. The molecule has 0 unspecified atom stereocenters. The van der Waals surface area contributed by atoms with Gasteiger partial charge in [0.05, 0.1) is 64.0 Å². The second kappa shape index (κ2) is 12.8. The summed E-state index contributed by atoms with van der Waals surface area (Å²) in [6.45, 7) is 1.69. The molecule has 6 heterocycles. The molecule has 4 aliphatic heterocycles. The molecule has 11 nitrogen and oxygen atoms in total. The Kier molecular flexibility index (Phi) is 8.88. The van der Waals surface area contributed by atoms with E-state index in [1.54, 1.807) is 24.9 Å². The van der Waals surface area contributed by atoms with Crippen LogP contribution in [0, 0.1) is 5.82 Å². The smallest absolute Gasteiger partial charge is 0.418 e. The van der Waals surface area contributed by atoms with Gasteiger partial charge in [-0.15, -0.1) is 0 Å². The third kappa shape index (κ3) is 6.03. The first-order chi connectivity index (χ1) is 23.7. The molecule has 268 valence electrons. The largest absolute Gasteiger partial charge is 0.461 e. The van der Waals surface area contributed by atoms with E-state index in [1.807, 2.05) is 9.80 Å². The second-order valence-electron chi connectivity index (χ2n) is 13.1. The lowest BCUT2D eigenvalue weighted by Crippen LogP contribution is -2.43. The number of rotatable bonds is 6. The normalized spacial score (nSPS) is 22.1. The summed E-state index contributed by atoms with van der Waals surface area (Å²) in [5, 5.41) is 3.90. The third-order valence-corrected chi connectivity index (χ3v) is 10.4. The highest BCUT2D eigenvalue weighted by molar-refractivity contribution is 6.34. The van der Waals surface area contributed by atoms with Gasteiger partial charge in [0.1, 0.15) is 18.3 Å². The molecule has 0 saturated carbocycles. The number of amides is 1. The molecule has 18 heteroatoms. The number of nitrogens with two attached hydrogens (primary N) is 1. The van der Waals surface area contributed by atoms with Crippen LogP contribution in [0.1, 0.15) is 63.9 Å². The Balaban J connectivity index is 1.29. The zero-order valence-corrected chi connectivity index (χ0v) is 28.6. The van der Waals surface area contributed by atoms with Gasteiger partial charge in [0.2, 0.25) is 0 Å². The van der Waals surface area contributed by atoms with Crippen LogP contribution in [0.5, 0.6) is 6.01 Å². The van der Waals surface area contributed by atoms with Gasteiger partial charge in [-0.25, -0.2) is 8.78 Å². The van der Waals surface area contributed by atoms with E-state index in [0.717, 1.165) is 12.5 Å². The number of nitrogen functional groups attached to an aromatic ring is 1. The molecule has 0 radical (unpaired) electrons. The molecule has 1 aromatic carbocycles. The number of ether oxygens (including phenoxy) is 2. The summed E-state index contributed by atoms with van der Waals surface area (Å²) in [6, 6.07) is 0.640. The van der Waals surface area contributed by atoms with Gasteiger partial charge in [0.15, 0.2) is 11.5 Å². The summed E-state index contributed by atoms with van der Waals surface area (Å²) in [7, 11) is 3.19. The molecule has 50 heavy (non-hydrogen) atoms. The molecular weight excluding hydrogens is 710 g/mol. The third-order valence-electron chi connectivity index (χ3n) is 9.67. The van der Waals surface area contributed by atoms with Crippen molar-refractivity contribution in [1.82, 2.24) is 29.5 Å². The number of fused-ring (bicyclic) bond motifs is 3. The Morgan fingerprint density at radius 2 is 1.94 bits per heavy atom. The van der Waals surface area contributed by atoms with E-state index < -0.39 is 45.5 Å². The molecule has 2 atom stereocenters. The zero-order valence-electron chi connectivity index (χ0n) is 27.1. The van der Waals surface area contributed by atoms with Crippen molar-refractivity contribution in [1.29, 1.82) is 0 Å². The summed E-state index contributed by atoms with van der Waals surface area (Å²) in [5.41, 5.74) is 3.70. The van der Waals surface area contributed by atoms with E-state index in [4.69, 9.17) is 43.4 Å². The zero-order chi connectivity index (χ0) is 35.7. The lowest BCUT2D eigenvalue weighted by atomic mass is 9.93. The monoisotopic (exact) mass is 742 g/mol. The Morgan fingerprint density at radius 1 is 1.16 bits per heavy atom. The molecule has 1 fully saturated rings.